The zero-order valence-corrected chi connectivity index (χ0v) is 11.7. The van der Waals surface area contributed by atoms with Crippen molar-refractivity contribution in [3.05, 3.63) is 33.8 Å². The van der Waals surface area contributed by atoms with Crippen LogP contribution in [0.1, 0.15) is 31.2 Å². The van der Waals surface area contributed by atoms with Gasteiger partial charge in [-0.1, -0.05) is 42.1 Å². The number of nitrogens with one attached hydrogen (secondary N) is 1. The third-order valence-corrected chi connectivity index (χ3v) is 5.04. The maximum atomic E-state index is 12.3. The number of halogens is 2. The predicted molar refractivity (Wildman–Crippen MR) is 73.2 cm³/mol. The lowest BCUT2D eigenvalue weighted by molar-refractivity contribution is -0.126. The van der Waals surface area contributed by atoms with Crippen molar-refractivity contribution < 1.29 is 9.59 Å². The summed E-state index contributed by atoms with van der Waals surface area (Å²) in [6.07, 6.45) is 3.36. The van der Waals surface area contributed by atoms with Gasteiger partial charge >= 0.3 is 0 Å². The SMILES string of the molecule is O=C1NC(=O)C2(c3ccc(Cl)c(Cl)c3)CCCCC12. The molecule has 1 heterocycles. The van der Waals surface area contributed by atoms with Crippen LogP contribution in [0, 0.1) is 5.92 Å². The van der Waals surface area contributed by atoms with Gasteiger partial charge in [0.2, 0.25) is 11.8 Å². The van der Waals surface area contributed by atoms with Gasteiger partial charge in [0, 0.05) is 0 Å². The highest BCUT2D eigenvalue weighted by Gasteiger charge is 2.56. The Labute approximate surface area is 121 Å². The van der Waals surface area contributed by atoms with Crippen molar-refractivity contribution in [2.45, 2.75) is 31.1 Å². The second-order valence-electron chi connectivity index (χ2n) is 5.22. The number of rotatable bonds is 1. The van der Waals surface area contributed by atoms with E-state index in [1.807, 2.05) is 6.07 Å². The lowest BCUT2D eigenvalue weighted by Crippen LogP contribution is -2.42. The van der Waals surface area contributed by atoms with E-state index in [1.54, 1.807) is 12.1 Å². The average Bonchev–Trinajstić information content (AvgIpc) is 2.66. The Balaban J connectivity index is 2.15. The molecule has 1 aliphatic carbocycles. The molecule has 1 saturated heterocycles. The van der Waals surface area contributed by atoms with E-state index < -0.39 is 5.41 Å². The molecule has 1 aromatic carbocycles. The highest BCUT2D eigenvalue weighted by Crippen LogP contribution is 2.48. The van der Waals surface area contributed by atoms with Crippen molar-refractivity contribution in [3.63, 3.8) is 0 Å². The van der Waals surface area contributed by atoms with Crippen LogP contribution < -0.4 is 5.32 Å². The van der Waals surface area contributed by atoms with E-state index in [0.717, 1.165) is 24.8 Å². The molecule has 3 rings (SSSR count). The molecule has 1 N–H and O–H groups in total. The molecule has 1 aromatic rings. The van der Waals surface area contributed by atoms with E-state index in [-0.39, 0.29) is 17.7 Å². The standard InChI is InChI=1S/C14H13Cl2NO2/c15-10-5-4-8(7-11(10)16)14-6-2-1-3-9(14)12(18)17-13(14)19/h4-5,7,9H,1-3,6H2,(H,17,18,19). The number of amides is 2. The van der Waals surface area contributed by atoms with Crippen LogP contribution in [0.2, 0.25) is 10.0 Å². The number of benzene rings is 1. The molecule has 0 aromatic heterocycles. The first-order valence-electron chi connectivity index (χ1n) is 6.36. The Morgan fingerprint density at radius 2 is 1.95 bits per heavy atom. The maximum absolute atomic E-state index is 12.3. The first kappa shape index (κ1) is 12.9. The Morgan fingerprint density at radius 1 is 1.16 bits per heavy atom. The largest absolute Gasteiger partial charge is 0.295 e. The molecule has 0 radical (unpaired) electrons. The quantitative estimate of drug-likeness (QED) is 0.810. The summed E-state index contributed by atoms with van der Waals surface area (Å²) in [5.74, 6) is -0.623. The fraction of sp³-hybridized carbons (Fsp3) is 0.429. The molecule has 3 nitrogen and oxygen atoms in total. The number of hydrogen-bond acceptors (Lipinski definition) is 2. The normalized spacial score (nSPS) is 30.1. The summed E-state index contributed by atoms with van der Waals surface area (Å²) in [4.78, 5) is 24.3. The summed E-state index contributed by atoms with van der Waals surface area (Å²) >= 11 is 12.0. The molecule has 2 atom stereocenters. The molecule has 5 heteroatoms. The van der Waals surface area contributed by atoms with Gasteiger partial charge in [0.15, 0.2) is 0 Å². The van der Waals surface area contributed by atoms with E-state index in [1.165, 1.54) is 0 Å². The van der Waals surface area contributed by atoms with Crippen molar-refractivity contribution in [1.82, 2.24) is 5.32 Å². The first-order valence-corrected chi connectivity index (χ1v) is 7.12. The predicted octanol–water partition coefficient (Wildman–Crippen LogP) is 3.08. The van der Waals surface area contributed by atoms with Crippen LogP contribution in [0.15, 0.2) is 18.2 Å². The first-order chi connectivity index (χ1) is 9.05. The van der Waals surface area contributed by atoms with Gasteiger partial charge in [0.05, 0.1) is 21.4 Å². The molecule has 2 aliphatic rings. The minimum absolute atomic E-state index is 0.157. The molecule has 2 fully saturated rings. The van der Waals surface area contributed by atoms with Crippen molar-refractivity contribution in [3.8, 4) is 0 Å². The number of imide groups is 1. The van der Waals surface area contributed by atoms with Crippen LogP contribution in [-0.4, -0.2) is 11.8 Å². The smallest absolute Gasteiger partial charge is 0.238 e. The van der Waals surface area contributed by atoms with Crippen LogP contribution in [0.25, 0.3) is 0 Å². The molecular weight excluding hydrogens is 285 g/mol. The molecule has 2 amide bonds. The maximum Gasteiger partial charge on any atom is 0.238 e. The number of carbonyl (C=O) groups is 2. The molecular formula is C14H13Cl2NO2. The lowest BCUT2D eigenvalue weighted by Gasteiger charge is -2.35. The van der Waals surface area contributed by atoms with E-state index in [4.69, 9.17) is 23.2 Å². The number of hydrogen-bond donors (Lipinski definition) is 1. The Morgan fingerprint density at radius 3 is 2.68 bits per heavy atom. The average molecular weight is 298 g/mol. The second kappa shape index (κ2) is 4.50. The summed E-state index contributed by atoms with van der Waals surface area (Å²) in [5, 5.41) is 3.36. The number of fused-ring (bicyclic) bond motifs is 1. The van der Waals surface area contributed by atoms with E-state index in [0.29, 0.717) is 16.5 Å². The van der Waals surface area contributed by atoms with E-state index in [9.17, 15) is 9.59 Å². The van der Waals surface area contributed by atoms with Crippen LogP contribution in [0.4, 0.5) is 0 Å². The van der Waals surface area contributed by atoms with Gasteiger partial charge < -0.3 is 0 Å². The van der Waals surface area contributed by atoms with Crippen molar-refractivity contribution in [1.29, 1.82) is 0 Å². The third-order valence-electron chi connectivity index (χ3n) is 4.30. The van der Waals surface area contributed by atoms with Crippen molar-refractivity contribution in [2.24, 2.45) is 5.92 Å². The molecule has 2 unspecified atom stereocenters. The fourth-order valence-electron chi connectivity index (χ4n) is 3.36. The minimum atomic E-state index is -0.746. The highest BCUT2D eigenvalue weighted by molar-refractivity contribution is 6.42. The molecule has 1 saturated carbocycles. The van der Waals surface area contributed by atoms with Gasteiger partial charge in [-0.25, -0.2) is 0 Å². The lowest BCUT2D eigenvalue weighted by atomic mass is 9.64. The summed E-state index contributed by atoms with van der Waals surface area (Å²) in [6, 6.07) is 5.22. The van der Waals surface area contributed by atoms with E-state index >= 15 is 0 Å². The van der Waals surface area contributed by atoms with Crippen LogP contribution >= 0.6 is 23.2 Å². The zero-order valence-electron chi connectivity index (χ0n) is 10.2. The summed E-state index contributed by atoms with van der Waals surface area (Å²) in [6.45, 7) is 0. The molecule has 100 valence electrons. The number of carbonyl (C=O) groups excluding carboxylic acids is 2. The monoisotopic (exact) mass is 297 g/mol. The van der Waals surface area contributed by atoms with Gasteiger partial charge in [-0.3, -0.25) is 14.9 Å². The fourth-order valence-corrected chi connectivity index (χ4v) is 3.66. The minimum Gasteiger partial charge on any atom is -0.295 e. The van der Waals surface area contributed by atoms with Gasteiger partial charge in [-0.05, 0) is 30.5 Å². The van der Waals surface area contributed by atoms with Gasteiger partial charge in [0.1, 0.15) is 0 Å². The zero-order chi connectivity index (χ0) is 13.6. The summed E-state index contributed by atoms with van der Waals surface area (Å²) in [5.41, 5.74) is 0.0544. The third kappa shape index (κ3) is 1.79. The summed E-state index contributed by atoms with van der Waals surface area (Å²) < 4.78 is 0. The van der Waals surface area contributed by atoms with Crippen molar-refractivity contribution >= 4 is 35.0 Å². The van der Waals surface area contributed by atoms with Crippen LogP contribution in [0.3, 0.4) is 0 Å². The van der Waals surface area contributed by atoms with Crippen molar-refractivity contribution in [2.75, 3.05) is 0 Å². The van der Waals surface area contributed by atoms with Crippen LogP contribution in [-0.2, 0) is 15.0 Å². The molecule has 0 spiro atoms. The Bertz CT molecular complexity index is 573. The van der Waals surface area contributed by atoms with Gasteiger partial charge in [0.25, 0.3) is 0 Å². The second-order valence-corrected chi connectivity index (χ2v) is 6.03. The Hall–Kier alpha value is -1.06. The molecule has 0 bridgehead atoms. The van der Waals surface area contributed by atoms with Gasteiger partial charge in [-0.15, -0.1) is 0 Å². The molecule has 19 heavy (non-hydrogen) atoms. The summed E-state index contributed by atoms with van der Waals surface area (Å²) in [7, 11) is 0. The van der Waals surface area contributed by atoms with Gasteiger partial charge in [-0.2, -0.15) is 0 Å². The Kier molecular flexibility index (Phi) is 3.06. The van der Waals surface area contributed by atoms with E-state index in [2.05, 4.69) is 5.32 Å². The highest BCUT2D eigenvalue weighted by atomic mass is 35.5. The molecule has 1 aliphatic heterocycles. The van der Waals surface area contributed by atoms with Crippen LogP contribution in [0.5, 0.6) is 0 Å². The topological polar surface area (TPSA) is 46.2 Å².